The Labute approximate surface area is 222 Å². The van der Waals surface area contributed by atoms with E-state index in [4.69, 9.17) is 29.4 Å². The van der Waals surface area contributed by atoms with E-state index in [0.717, 1.165) is 38.5 Å². The molecule has 0 unspecified atom stereocenters. The van der Waals surface area contributed by atoms with Crippen molar-refractivity contribution in [1.82, 2.24) is 5.32 Å². The van der Waals surface area contributed by atoms with Crippen molar-refractivity contribution in [3.63, 3.8) is 0 Å². The fraction of sp³-hybridized carbons (Fsp3) is 0.917. The maximum Gasteiger partial charge on any atom is 0.243 e. The zero-order valence-electron chi connectivity index (χ0n) is 22.0. The fourth-order valence-corrected chi connectivity index (χ4v) is 4.45. The summed E-state index contributed by atoms with van der Waals surface area (Å²) in [4.78, 5) is 23.1. The van der Waals surface area contributed by atoms with Gasteiger partial charge in [-0.3, -0.25) is 9.59 Å². The molecule has 38 heavy (non-hydrogen) atoms. The van der Waals surface area contributed by atoms with E-state index in [9.17, 15) is 35.1 Å². The third kappa shape index (κ3) is 9.62. The minimum absolute atomic E-state index is 0.286. The second-order valence-electron chi connectivity index (χ2n) is 9.68. The number of nitrogens with one attached hydrogen (secondary N) is 1. The summed E-state index contributed by atoms with van der Waals surface area (Å²) in [5.74, 6) is -1.21. The maximum absolute atomic E-state index is 11.9. The first-order chi connectivity index (χ1) is 18.1. The van der Waals surface area contributed by atoms with Gasteiger partial charge in [0.2, 0.25) is 11.8 Å². The van der Waals surface area contributed by atoms with E-state index in [1.807, 2.05) is 0 Å². The van der Waals surface area contributed by atoms with Crippen LogP contribution in [0.4, 0.5) is 0 Å². The molecule has 222 valence electrons. The number of unbranched alkanes of at least 4 members (excludes halogenated alkanes) is 5. The second kappa shape index (κ2) is 16.6. The zero-order chi connectivity index (χ0) is 28.2. The van der Waals surface area contributed by atoms with Crippen molar-refractivity contribution in [2.75, 3.05) is 26.4 Å². The molecule has 10 atom stereocenters. The van der Waals surface area contributed by atoms with Gasteiger partial charge in [0.1, 0.15) is 55.4 Å². The summed E-state index contributed by atoms with van der Waals surface area (Å²) < 4.78 is 28.3. The highest BCUT2D eigenvalue weighted by molar-refractivity contribution is 5.75. The number of carbonyl (C=O) groups is 2. The van der Waals surface area contributed by atoms with Crippen LogP contribution in [0, 0.1) is 0 Å². The number of aliphatic hydroxyl groups is 5. The Morgan fingerprint density at radius 1 is 0.895 bits per heavy atom. The number of hydrogen-bond acceptors (Lipinski definition) is 12. The van der Waals surface area contributed by atoms with E-state index in [1.54, 1.807) is 0 Å². The number of carbonyl (C=O) groups excluding carboxylic acids is 2. The molecule has 2 heterocycles. The summed E-state index contributed by atoms with van der Waals surface area (Å²) in [6.07, 6.45) is -6.73. The first kappa shape index (κ1) is 32.8. The van der Waals surface area contributed by atoms with E-state index in [-0.39, 0.29) is 6.61 Å². The molecule has 2 aliphatic rings. The second-order valence-corrected chi connectivity index (χ2v) is 9.68. The number of ether oxygens (including phenoxy) is 5. The number of aliphatic hydroxyl groups excluding tert-OH is 5. The van der Waals surface area contributed by atoms with Crippen LogP contribution in [0.5, 0.6) is 0 Å². The number of rotatable bonds is 16. The Morgan fingerprint density at radius 2 is 1.55 bits per heavy atom. The van der Waals surface area contributed by atoms with Crippen molar-refractivity contribution in [1.29, 1.82) is 0 Å². The van der Waals surface area contributed by atoms with E-state index in [2.05, 4.69) is 12.2 Å². The molecule has 14 heteroatoms. The highest BCUT2D eigenvalue weighted by Crippen LogP contribution is 2.30. The van der Waals surface area contributed by atoms with Gasteiger partial charge in [-0.15, -0.1) is 0 Å². The molecular formula is C24H44N2O12. The van der Waals surface area contributed by atoms with E-state index in [1.165, 1.54) is 6.92 Å². The van der Waals surface area contributed by atoms with Gasteiger partial charge in [-0.2, -0.15) is 0 Å². The van der Waals surface area contributed by atoms with Crippen LogP contribution in [0.3, 0.4) is 0 Å². The largest absolute Gasteiger partial charge is 0.394 e. The molecular weight excluding hydrogens is 508 g/mol. The summed E-state index contributed by atoms with van der Waals surface area (Å²) >= 11 is 0. The van der Waals surface area contributed by atoms with Crippen molar-refractivity contribution in [3.8, 4) is 0 Å². The first-order valence-electron chi connectivity index (χ1n) is 13.1. The van der Waals surface area contributed by atoms with Crippen LogP contribution in [0.2, 0.25) is 0 Å². The lowest BCUT2D eigenvalue weighted by Gasteiger charge is -2.47. The third-order valence-corrected chi connectivity index (χ3v) is 6.49. The molecule has 2 aliphatic heterocycles. The van der Waals surface area contributed by atoms with Gasteiger partial charge < -0.3 is 60.3 Å². The smallest absolute Gasteiger partial charge is 0.243 e. The van der Waals surface area contributed by atoms with Crippen molar-refractivity contribution >= 4 is 11.8 Å². The quantitative estimate of drug-likeness (QED) is 0.100. The Bertz CT molecular complexity index is 714. The van der Waals surface area contributed by atoms with Crippen LogP contribution in [-0.2, 0) is 33.3 Å². The van der Waals surface area contributed by atoms with Crippen LogP contribution >= 0.6 is 0 Å². The first-order valence-corrected chi connectivity index (χ1v) is 13.1. The molecule has 0 bridgehead atoms. The average molecular weight is 553 g/mol. The molecule has 2 fully saturated rings. The lowest BCUT2D eigenvalue weighted by molar-refractivity contribution is -0.349. The lowest BCUT2D eigenvalue weighted by Crippen LogP contribution is -2.67. The topological polar surface area (TPSA) is 219 Å². The summed E-state index contributed by atoms with van der Waals surface area (Å²) in [6, 6.07) is -1.09. The van der Waals surface area contributed by atoms with Crippen LogP contribution < -0.4 is 11.1 Å². The number of nitrogens with two attached hydrogens (primary N) is 1. The van der Waals surface area contributed by atoms with Crippen molar-refractivity contribution in [2.24, 2.45) is 5.73 Å². The molecule has 14 nitrogen and oxygen atoms in total. The average Bonchev–Trinajstić information content (AvgIpc) is 2.87. The molecule has 0 spiro atoms. The molecule has 2 saturated heterocycles. The van der Waals surface area contributed by atoms with E-state index < -0.39 is 86.4 Å². The number of primary amides is 1. The standard InChI is InChI=1S/C24H44N2O12/c1-3-4-5-6-7-8-9-35-23-17(26-13(2)28)19(31)22(15(37-23)11-34-12-16(25)29)38-24-21(33)20(32)18(30)14(10-27)36-24/h14-15,17-24,27,30-33H,3-12H2,1-2H3,(H2,25,29)(H,26,28)/t14-,15-,17-,18+,19-,20+,21-,22-,23-,24+/m1/s1. The molecule has 0 radical (unpaired) electrons. The minimum Gasteiger partial charge on any atom is -0.394 e. The molecule has 0 saturated carbocycles. The molecule has 8 N–H and O–H groups in total. The molecule has 0 aliphatic carbocycles. The minimum atomic E-state index is -1.74. The molecule has 0 aromatic heterocycles. The summed E-state index contributed by atoms with van der Waals surface area (Å²) in [5, 5.41) is 53.9. The van der Waals surface area contributed by atoms with Crippen molar-refractivity contribution in [3.05, 3.63) is 0 Å². The summed E-state index contributed by atoms with van der Waals surface area (Å²) in [6.45, 7) is 2.28. The van der Waals surface area contributed by atoms with Gasteiger partial charge in [-0.1, -0.05) is 39.0 Å². The SMILES string of the molecule is CCCCCCCCO[C@@H]1O[C@H](COCC(N)=O)[C@@H](O[C@@H]2O[C@H](CO)[C@H](O)[C@H](O)[C@H]2O)[C@H](O)[C@H]1NC(C)=O. The Hall–Kier alpha value is -1.46. The Kier molecular flexibility index (Phi) is 14.3. The molecule has 0 aromatic carbocycles. The van der Waals surface area contributed by atoms with Gasteiger partial charge >= 0.3 is 0 Å². The fourth-order valence-electron chi connectivity index (χ4n) is 4.45. The maximum atomic E-state index is 11.9. The van der Waals surface area contributed by atoms with Crippen LogP contribution in [0.25, 0.3) is 0 Å². The van der Waals surface area contributed by atoms with Gasteiger partial charge in [0.25, 0.3) is 0 Å². The normalized spacial score (nSPS) is 35.7. The lowest BCUT2D eigenvalue weighted by atomic mass is 9.95. The number of amides is 2. The summed E-state index contributed by atoms with van der Waals surface area (Å²) in [7, 11) is 0. The zero-order valence-corrected chi connectivity index (χ0v) is 22.0. The van der Waals surface area contributed by atoms with Crippen LogP contribution in [0.1, 0.15) is 52.4 Å². The van der Waals surface area contributed by atoms with Crippen LogP contribution in [0.15, 0.2) is 0 Å². The summed E-state index contributed by atoms with van der Waals surface area (Å²) in [5.41, 5.74) is 5.14. The monoisotopic (exact) mass is 552 g/mol. The predicted molar refractivity (Wildman–Crippen MR) is 130 cm³/mol. The highest BCUT2D eigenvalue weighted by Gasteiger charge is 2.51. The highest BCUT2D eigenvalue weighted by atomic mass is 16.7. The van der Waals surface area contributed by atoms with Crippen molar-refractivity contribution < 1.29 is 58.8 Å². The van der Waals surface area contributed by atoms with Crippen molar-refractivity contribution in [2.45, 2.75) is 114 Å². The van der Waals surface area contributed by atoms with Gasteiger partial charge in [0.15, 0.2) is 12.6 Å². The Balaban J connectivity index is 2.16. The van der Waals surface area contributed by atoms with E-state index in [0.29, 0.717) is 6.61 Å². The van der Waals surface area contributed by atoms with Gasteiger partial charge in [0.05, 0.1) is 13.2 Å². The van der Waals surface area contributed by atoms with Gasteiger partial charge in [0, 0.05) is 13.5 Å². The van der Waals surface area contributed by atoms with Gasteiger partial charge in [-0.05, 0) is 6.42 Å². The van der Waals surface area contributed by atoms with E-state index >= 15 is 0 Å². The molecule has 0 aromatic rings. The number of hydrogen-bond donors (Lipinski definition) is 7. The Morgan fingerprint density at radius 3 is 2.18 bits per heavy atom. The third-order valence-electron chi connectivity index (χ3n) is 6.49. The van der Waals surface area contributed by atoms with Crippen LogP contribution in [-0.4, -0.2) is 125 Å². The molecule has 2 amide bonds. The molecule has 2 rings (SSSR count). The predicted octanol–water partition coefficient (Wildman–Crippen LogP) is -2.36. The van der Waals surface area contributed by atoms with Gasteiger partial charge in [-0.25, -0.2) is 0 Å².